The third-order valence-corrected chi connectivity index (χ3v) is 3.87. The highest BCUT2D eigenvalue weighted by molar-refractivity contribution is 5.93. The molecule has 5 nitrogen and oxygen atoms in total. The fourth-order valence-electron chi connectivity index (χ4n) is 2.61. The van der Waals surface area contributed by atoms with Crippen molar-refractivity contribution in [2.75, 3.05) is 29.9 Å². The van der Waals surface area contributed by atoms with Crippen LogP contribution in [0.25, 0.3) is 0 Å². The minimum Gasteiger partial charge on any atom is -0.393 e. The summed E-state index contributed by atoms with van der Waals surface area (Å²) in [6.07, 6.45) is -2.71. The van der Waals surface area contributed by atoms with Gasteiger partial charge in [-0.3, -0.25) is 0 Å². The molecule has 1 aromatic carbocycles. The molecule has 134 valence electrons. The van der Waals surface area contributed by atoms with Gasteiger partial charge in [-0.2, -0.15) is 13.2 Å². The number of aliphatic hydroxyl groups excluding tert-OH is 1. The molecule has 24 heavy (non-hydrogen) atoms. The molecular formula is C16H22F3N3O2. The molecule has 2 amide bonds. The van der Waals surface area contributed by atoms with E-state index in [1.54, 1.807) is 6.92 Å². The Labute approximate surface area is 138 Å². The zero-order chi connectivity index (χ0) is 17.7. The Kier molecular flexibility index (Phi) is 5.93. The SMILES string of the molecule is CC(O)CCNC(=O)Nc1cc(C(F)(F)F)ccc1N1CCCC1. The van der Waals surface area contributed by atoms with E-state index in [1.165, 1.54) is 6.07 Å². The highest BCUT2D eigenvalue weighted by Gasteiger charge is 2.32. The van der Waals surface area contributed by atoms with Crippen LogP contribution in [0.2, 0.25) is 0 Å². The minimum atomic E-state index is -4.47. The third kappa shape index (κ3) is 5.02. The van der Waals surface area contributed by atoms with Crippen LogP contribution in [0.3, 0.4) is 0 Å². The molecule has 1 heterocycles. The maximum atomic E-state index is 12.9. The molecule has 1 aliphatic rings. The molecule has 2 rings (SSSR count). The predicted molar refractivity (Wildman–Crippen MR) is 86.2 cm³/mol. The van der Waals surface area contributed by atoms with Crippen molar-refractivity contribution in [2.45, 2.75) is 38.5 Å². The molecule has 1 unspecified atom stereocenters. The standard InChI is InChI=1S/C16H22F3N3O2/c1-11(23)6-7-20-15(24)21-13-10-12(16(17,18)19)4-5-14(13)22-8-2-3-9-22/h4-5,10-11,23H,2-3,6-9H2,1H3,(H2,20,21,24). The largest absolute Gasteiger partial charge is 0.416 e. The number of anilines is 2. The summed E-state index contributed by atoms with van der Waals surface area (Å²) in [5.74, 6) is 0. The van der Waals surface area contributed by atoms with Crippen molar-refractivity contribution < 1.29 is 23.1 Å². The van der Waals surface area contributed by atoms with Gasteiger partial charge in [-0.25, -0.2) is 4.79 Å². The topological polar surface area (TPSA) is 64.6 Å². The van der Waals surface area contributed by atoms with Crippen molar-refractivity contribution in [2.24, 2.45) is 0 Å². The quantitative estimate of drug-likeness (QED) is 0.768. The highest BCUT2D eigenvalue weighted by Crippen LogP contribution is 2.36. The van der Waals surface area contributed by atoms with E-state index in [1.807, 2.05) is 4.90 Å². The lowest BCUT2D eigenvalue weighted by Crippen LogP contribution is -2.32. The van der Waals surface area contributed by atoms with Gasteiger partial charge in [-0.1, -0.05) is 0 Å². The Hall–Kier alpha value is -1.96. The Balaban J connectivity index is 2.15. The van der Waals surface area contributed by atoms with Gasteiger partial charge in [0.2, 0.25) is 0 Å². The van der Waals surface area contributed by atoms with Gasteiger partial charge >= 0.3 is 12.2 Å². The molecular weight excluding hydrogens is 323 g/mol. The first-order chi connectivity index (χ1) is 11.3. The minimum absolute atomic E-state index is 0.140. The van der Waals surface area contributed by atoms with Crippen molar-refractivity contribution in [3.8, 4) is 0 Å². The normalized spacial score (nSPS) is 16.1. The number of aliphatic hydroxyl groups is 1. The van der Waals surface area contributed by atoms with Crippen LogP contribution in [0.1, 0.15) is 31.7 Å². The van der Waals surface area contributed by atoms with Gasteiger partial charge in [-0.15, -0.1) is 0 Å². The van der Waals surface area contributed by atoms with Gasteiger partial charge in [0.25, 0.3) is 0 Å². The van der Waals surface area contributed by atoms with Crippen LogP contribution in [0.15, 0.2) is 18.2 Å². The molecule has 1 aromatic rings. The summed E-state index contributed by atoms with van der Waals surface area (Å²) in [7, 11) is 0. The van der Waals surface area contributed by atoms with Crippen molar-refractivity contribution >= 4 is 17.4 Å². The number of urea groups is 1. The van der Waals surface area contributed by atoms with Crippen LogP contribution in [0.4, 0.5) is 29.3 Å². The maximum absolute atomic E-state index is 12.9. The fraction of sp³-hybridized carbons (Fsp3) is 0.562. The fourth-order valence-corrected chi connectivity index (χ4v) is 2.61. The van der Waals surface area contributed by atoms with E-state index in [9.17, 15) is 18.0 Å². The summed E-state index contributed by atoms with van der Waals surface area (Å²) in [5, 5.41) is 14.2. The molecule has 0 spiro atoms. The number of benzene rings is 1. The van der Waals surface area contributed by atoms with Gasteiger partial charge in [0.05, 0.1) is 23.0 Å². The number of carbonyl (C=O) groups excluding carboxylic acids is 1. The number of alkyl halides is 3. The molecule has 0 aliphatic carbocycles. The lowest BCUT2D eigenvalue weighted by atomic mass is 10.1. The number of hydrogen-bond acceptors (Lipinski definition) is 3. The molecule has 0 aromatic heterocycles. The Morgan fingerprint density at radius 2 is 2.00 bits per heavy atom. The van der Waals surface area contributed by atoms with Crippen molar-refractivity contribution in [3.63, 3.8) is 0 Å². The Bertz CT molecular complexity index is 570. The second-order valence-electron chi connectivity index (χ2n) is 5.94. The maximum Gasteiger partial charge on any atom is 0.416 e. The summed E-state index contributed by atoms with van der Waals surface area (Å²) < 4.78 is 38.8. The van der Waals surface area contributed by atoms with E-state index in [0.717, 1.165) is 38.1 Å². The number of carbonyl (C=O) groups is 1. The molecule has 1 saturated heterocycles. The average Bonchev–Trinajstić information content (AvgIpc) is 2.99. The molecule has 0 saturated carbocycles. The zero-order valence-electron chi connectivity index (χ0n) is 13.5. The Morgan fingerprint density at radius 1 is 1.33 bits per heavy atom. The molecule has 1 fully saturated rings. The first-order valence-corrected chi connectivity index (χ1v) is 7.96. The van der Waals surface area contributed by atoms with Gasteiger partial charge in [-0.05, 0) is 44.4 Å². The van der Waals surface area contributed by atoms with Crippen LogP contribution >= 0.6 is 0 Å². The van der Waals surface area contributed by atoms with Crippen molar-refractivity contribution in [3.05, 3.63) is 23.8 Å². The summed E-state index contributed by atoms with van der Waals surface area (Å²) in [6, 6.07) is 2.81. The molecule has 1 atom stereocenters. The average molecular weight is 345 g/mol. The smallest absolute Gasteiger partial charge is 0.393 e. The van der Waals surface area contributed by atoms with Crippen LogP contribution < -0.4 is 15.5 Å². The first kappa shape index (κ1) is 18.4. The summed E-state index contributed by atoms with van der Waals surface area (Å²) in [4.78, 5) is 13.9. The molecule has 1 aliphatic heterocycles. The summed E-state index contributed by atoms with van der Waals surface area (Å²) >= 11 is 0. The number of nitrogens with zero attached hydrogens (tertiary/aromatic N) is 1. The molecule has 0 radical (unpaired) electrons. The third-order valence-electron chi connectivity index (χ3n) is 3.87. The summed E-state index contributed by atoms with van der Waals surface area (Å²) in [5.41, 5.74) is -0.0721. The van der Waals surface area contributed by atoms with Crippen molar-refractivity contribution in [1.82, 2.24) is 5.32 Å². The van der Waals surface area contributed by atoms with E-state index in [-0.39, 0.29) is 12.2 Å². The van der Waals surface area contributed by atoms with Gasteiger partial charge < -0.3 is 20.6 Å². The Morgan fingerprint density at radius 3 is 2.58 bits per heavy atom. The monoisotopic (exact) mass is 345 g/mol. The van der Waals surface area contributed by atoms with E-state index >= 15 is 0 Å². The molecule has 3 N–H and O–H groups in total. The lowest BCUT2D eigenvalue weighted by molar-refractivity contribution is -0.137. The lowest BCUT2D eigenvalue weighted by Gasteiger charge is -2.23. The molecule has 8 heteroatoms. The van der Waals surface area contributed by atoms with Crippen LogP contribution in [-0.4, -0.2) is 36.9 Å². The molecule has 0 bridgehead atoms. The predicted octanol–water partition coefficient (Wildman–Crippen LogP) is 3.20. The van der Waals surface area contributed by atoms with Gasteiger partial charge in [0.15, 0.2) is 0 Å². The number of halogens is 3. The second-order valence-corrected chi connectivity index (χ2v) is 5.94. The second kappa shape index (κ2) is 7.74. The van der Waals surface area contributed by atoms with Gasteiger partial charge in [0, 0.05) is 19.6 Å². The first-order valence-electron chi connectivity index (χ1n) is 7.96. The zero-order valence-corrected chi connectivity index (χ0v) is 13.5. The van der Waals surface area contributed by atoms with E-state index in [0.29, 0.717) is 12.1 Å². The number of nitrogens with one attached hydrogen (secondary N) is 2. The van der Waals surface area contributed by atoms with Crippen LogP contribution in [-0.2, 0) is 6.18 Å². The van der Waals surface area contributed by atoms with E-state index in [2.05, 4.69) is 10.6 Å². The van der Waals surface area contributed by atoms with Crippen LogP contribution in [0, 0.1) is 0 Å². The highest BCUT2D eigenvalue weighted by atomic mass is 19.4. The number of hydrogen-bond donors (Lipinski definition) is 3. The number of rotatable bonds is 5. The van der Waals surface area contributed by atoms with Crippen molar-refractivity contribution in [1.29, 1.82) is 0 Å². The van der Waals surface area contributed by atoms with Crippen LogP contribution in [0.5, 0.6) is 0 Å². The van der Waals surface area contributed by atoms with E-state index < -0.39 is 23.9 Å². The van der Waals surface area contributed by atoms with Gasteiger partial charge in [0.1, 0.15) is 0 Å². The summed E-state index contributed by atoms with van der Waals surface area (Å²) in [6.45, 7) is 3.34. The van der Waals surface area contributed by atoms with E-state index in [4.69, 9.17) is 5.11 Å². The number of amides is 2.